The molecule has 102 valence electrons. The van der Waals surface area contributed by atoms with Crippen molar-refractivity contribution in [1.82, 2.24) is 10.3 Å². The van der Waals surface area contributed by atoms with Crippen molar-refractivity contribution in [2.75, 3.05) is 7.05 Å². The molecule has 0 aliphatic carbocycles. The van der Waals surface area contributed by atoms with Crippen LogP contribution < -0.4 is 5.32 Å². The quantitative estimate of drug-likeness (QED) is 0.921. The van der Waals surface area contributed by atoms with Crippen molar-refractivity contribution in [3.05, 3.63) is 50.2 Å². The maximum Gasteiger partial charge on any atom is 0.141 e. The van der Waals surface area contributed by atoms with Crippen molar-refractivity contribution >= 4 is 22.9 Å². The van der Waals surface area contributed by atoms with E-state index in [0.29, 0.717) is 0 Å². The molecule has 2 aromatic rings. The minimum atomic E-state index is -0.388. The number of halogens is 2. The summed E-state index contributed by atoms with van der Waals surface area (Å²) in [6, 6.07) is 4.92. The van der Waals surface area contributed by atoms with Crippen LogP contribution in [0.25, 0.3) is 0 Å². The lowest BCUT2D eigenvalue weighted by Crippen LogP contribution is -2.18. The largest absolute Gasteiger partial charge is 0.313 e. The van der Waals surface area contributed by atoms with Crippen molar-refractivity contribution in [1.29, 1.82) is 0 Å². The van der Waals surface area contributed by atoms with Gasteiger partial charge in [-0.2, -0.15) is 0 Å². The summed E-state index contributed by atoms with van der Waals surface area (Å²) in [6.45, 7) is 4.08. The van der Waals surface area contributed by atoms with Crippen LogP contribution in [0.4, 0.5) is 4.39 Å². The molecule has 0 amide bonds. The highest BCUT2D eigenvalue weighted by Crippen LogP contribution is 2.26. The van der Waals surface area contributed by atoms with Crippen LogP contribution in [0.5, 0.6) is 0 Å². The predicted molar refractivity (Wildman–Crippen MR) is 78.5 cm³/mol. The standard InChI is InChI=1S/C14H16ClFN2S/c1-8-9(2)19-14(18-8)7-13(17-3)10-4-5-12(16)11(15)6-10/h4-6,13,17H,7H2,1-3H3. The highest BCUT2D eigenvalue weighted by molar-refractivity contribution is 7.11. The van der Waals surface area contributed by atoms with Crippen LogP contribution in [-0.2, 0) is 6.42 Å². The molecule has 0 aliphatic heterocycles. The third-order valence-corrected chi connectivity index (χ3v) is 4.53. The molecule has 1 unspecified atom stereocenters. The first-order valence-electron chi connectivity index (χ1n) is 6.06. The highest BCUT2D eigenvalue weighted by atomic mass is 35.5. The number of nitrogens with zero attached hydrogens (tertiary/aromatic N) is 1. The molecule has 1 aromatic carbocycles. The number of benzene rings is 1. The van der Waals surface area contributed by atoms with Crippen molar-refractivity contribution in [2.24, 2.45) is 0 Å². The van der Waals surface area contributed by atoms with Gasteiger partial charge in [0, 0.05) is 17.3 Å². The summed E-state index contributed by atoms with van der Waals surface area (Å²) in [6.07, 6.45) is 0.776. The van der Waals surface area contributed by atoms with Gasteiger partial charge in [0.2, 0.25) is 0 Å². The van der Waals surface area contributed by atoms with Crippen LogP contribution in [0.1, 0.15) is 27.2 Å². The van der Waals surface area contributed by atoms with Crippen LogP contribution in [-0.4, -0.2) is 12.0 Å². The van der Waals surface area contributed by atoms with Gasteiger partial charge < -0.3 is 5.32 Å². The third kappa shape index (κ3) is 3.32. The fraction of sp³-hybridized carbons (Fsp3) is 0.357. The van der Waals surface area contributed by atoms with E-state index in [9.17, 15) is 4.39 Å². The zero-order valence-electron chi connectivity index (χ0n) is 11.1. The van der Waals surface area contributed by atoms with Gasteiger partial charge in [-0.15, -0.1) is 11.3 Å². The van der Waals surface area contributed by atoms with E-state index in [1.54, 1.807) is 23.5 Å². The summed E-state index contributed by atoms with van der Waals surface area (Å²) >= 11 is 7.53. The van der Waals surface area contributed by atoms with Gasteiger partial charge in [0.25, 0.3) is 0 Å². The summed E-state index contributed by atoms with van der Waals surface area (Å²) < 4.78 is 13.2. The molecule has 0 aliphatic rings. The van der Waals surface area contributed by atoms with Crippen LogP contribution in [0.2, 0.25) is 5.02 Å². The van der Waals surface area contributed by atoms with Crippen LogP contribution >= 0.6 is 22.9 Å². The van der Waals surface area contributed by atoms with Crippen molar-refractivity contribution in [3.63, 3.8) is 0 Å². The number of nitrogens with one attached hydrogen (secondary N) is 1. The van der Waals surface area contributed by atoms with Gasteiger partial charge in [0.05, 0.1) is 15.7 Å². The summed E-state index contributed by atoms with van der Waals surface area (Å²) in [5.74, 6) is -0.388. The lowest BCUT2D eigenvalue weighted by atomic mass is 10.0. The smallest absolute Gasteiger partial charge is 0.141 e. The molecule has 19 heavy (non-hydrogen) atoms. The Kier molecular flexibility index (Phi) is 4.55. The van der Waals surface area contributed by atoms with E-state index in [1.807, 2.05) is 14.0 Å². The number of aryl methyl sites for hydroxylation is 2. The molecule has 0 spiro atoms. The normalized spacial score (nSPS) is 12.7. The van der Waals surface area contributed by atoms with Gasteiger partial charge in [-0.1, -0.05) is 17.7 Å². The van der Waals surface area contributed by atoms with E-state index in [2.05, 4.69) is 17.2 Å². The third-order valence-electron chi connectivity index (χ3n) is 3.15. The van der Waals surface area contributed by atoms with Gasteiger partial charge in [0.15, 0.2) is 0 Å². The molecule has 1 aromatic heterocycles. The Hall–Kier alpha value is -0.970. The number of likely N-dealkylation sites (N-methyl/N-ethyl adjacent to an activating group) is 1. The monoisotopic (exact) mass is 298 g/mol. The first-order valence-corrected chi connectivity index (χ1v) is 7.26. The van der Waals surface area contributed by atoms with Gasteiger partial charge >= 0.3 is 0 Å². The second-order valence-corrected chi connectivity index (χ2v) is 6.16. The summed E-state index contributed by atoms with van der Waals surface area (Å²) in [5.41, 5.74) is 2.05. The number of aromatic nitrogens is 1. The molecule has 5 heteroatoms. The van der Waals surface area contributed by atoms with Crippen LogP contribution in [0.3, 0.4) is 0 Å². The molecule has 0 bridgehead atoms. The predicted octanol–water partition coefficient (Wildman–Crippen LogP) is 4.06. The molecule has 1 N–H and O–H groups in total. The number of thiazole rings is 1. The van der Waals surface area contributed by atoms with E-state index in [-0.39, 0.29) is 16.9 Å². The number of hydrogen-bond donors (Lipinski definition) is 1. The lowest BCUT2D eigenvalue weighted by Gasteiger charge is -2.15. The average Bonchev–Trinajstić information content (AvgIpc) is 2.69. The maximum absolute atomic E-state index is 13.2. The number of hydrogen-bond acceptors (Lipinski definition) is 3. The molecule has 0 saturated carbocycles. The summed E-state index contributed by atoms with van der Waals surface area (Å²) in [4.78, 5) is 5.77. The van der Waals surface area contributed by atoms with Crippen molar-refractivity contribution in [3.8, 4) is 0 Å². The maximum atomic E-state index is 13.2. The van der Waals surface area contributed by atoms with Crippen LogP contribution in [0, 0.1) is 19.7 Å². The first kappa shape index (κ1) is 14.4. The Balaban J connectivity index is 2.22. The molecule has 1 heterocycles. The molecule has 1 atom stereocenters. The Morgan fingerprint density at radius 3 is 2.68 bits per heavy atom. The topological polar surface area (TPSA) is 24.9 Å². The molecule has 0 fully saturated rings. The molecular formula is C14H16ClFN2S. The Morgan fingerprint density at radius 2 is 2.16 bits per heavy atom. The van der Waals surface area contributed by atoms with E-state index in [1.165, 1.54) is 10.9 Å². The van der Waals surface area contributed by atoms with Gasteiger partial charge in [-0.25, -0.2) is 9.37 Å². The second kappa shape index (κ2) is 5.99. The lowest BCUT2D eigenvalue weighted by molar-refractivity contribution is 0.584. The van der Waals surface area contributed by atoms with Crippen molar-refractivity contribution < 1.29 is 4.39 Å². The number of rotatable bonds is 4. The molecule has 2 rings (SSSR count). The highest BCUT2D eigenvalue weighted by Gasteiger charge is 2.14. The molecule has 0 saturated heterocycles. The molecule has 2 nitrogen and oxygen atoms in total. The zero-order chi connectivity index (χ0) is 14.0. The van der Waals surface area contributed by atoms with Gasteiger partial charge in [-0.05, 0) is 38.6 Å². The molecular weight excluding hydrogens is 283 g/mol. The average molecular weight is 299 g/mol. The summed E-state index contributed by atoms with van der Waals surface area (Å²) in [5, 5.41) is 4.46. The minimum Gasteiger partial charge on any atom is -0.313 e. The fourth-order valence-electron chi connectivity index (χ4n) is 1.92. The zero-order valence-corrected chi connectivity index (χ0v) is 12.7. The minimum absolute atomic E-state index is 0.0862. The summed E-state index contributed by atoms with van der Waals surface area (Å²) in [7, 11) is 1.88. The van der Waals surface area contributed by atoms with E-state index in [0.717, 1.165) is 22.7 Å². The van der Waals surface area contributed by atoms with E-state index >= 15 is 0 Å². The Morgan fingerprint density at radius 1 is 1.42 bits per heavy atom. The SMILES string of the molecule is CNC(Cc1nc(C)c(C)s1)c1ccc(F)c(Cl)c1. The van der Waals surface area contributed by atoms with E-state index < -0.39 is 0 Å². The Labute approximate surface area is 121 Å². The van der Waals surface area contributed by atoms with Gasteiger partial charge in [0.1, 0.15) is 5.82 Å². The van der Waals surface area contributed by atoms with Crippen LogP contribution in [0.15, 0.2) is 18.2 Å². The Bertz CT molecular complexity index is 563. The van der Waals surface area contributed by atoms with Crippen molar-refractivity contribution in [2.45, 2.75) is 26.3 Å². The second-order valence-electron chi connectivity index (χ2n) is 4.47. The fourth-order valence-corrected chi connectivity index (χ4v) is 3.09. The van der Waals surface area contributed by atoms with Gasteiger partial charge in [-0.3, -0.25) is 0 Å². The molecule has 0 radical (unpaired) electrons. The first-order chi connectivity index (χ1) is 9.01. The van der Waals surface area contributed by atoms with E-state index in [4.69, 9.17) is 11.6 Å².